The lowest BCUT2D eigenvalue weighted by Crippen LogP contribution is -2.38. The molecule has 4 nitrogen and oxygen atoms in total. The van der Waals surface area contributed by atoms with E-state index in [0.717, 1.165) is 11.4 Å². The highest BCUT2D eigenvalue weighted by atomic mass is 35.5. The quantitative estimate of drug-likeness (QED) is 0.654. The van der Waals surface area contributed by atoms with Gasteiger partial charge in [-0.05, 0) is 25.5 Å². The number of nitrogens with zero attached hydrogens (tertiary/aromatic N) is 2. The normalized spacial score (nSPS) is 20.4. The molecule has 0 radical (unpaired) electrons. The van der Waals surface area contributed by atoms with E-state index in [-0.39, 0.29) is 17.8 Å². The van der Waals surface area contributed by atoms with Crippen molar-refractivity contribution >= 4 is 28.9 Å². The van der Waals surface area contributed by atoms with Gasteiger partial charge in [-0.25, -0.2) is 9.37 Å². The first-order valence-corrected chi connectivity index (χ1v) is 8.60. The Hall–Kier alpha value is -1.66. The standard InChI is InChI=1S/C16H18ClFN4S/c1-9-7-20-14(23-9)8-21-16(19-2)22-13-6-10(13)15-11(17)4-3-5-12(15)18/h3-5,7,10,13H,6,8H2,1-2H3,(H2,19,21,22). The summed E-state index contributed by atoms with van der Waals surface area (Å²) in [5.74, 6) is 0.537. The average molecular weight is 353 g/mol. The van der Waals surface area contributed by atoms with Crippen LogP contribution in [0.15, 0.2) is 29.4 Å². The maximum atomic E-state index is 13.9. The molecule has 1 heterocycles. The fraction of sp³-hybridized carbons (Fsp3) is 0.375. The van der Waals surface area contributed by atoms with Crippen LogP contribution in [-0.4, -0.2) is 24.0 Å². The zero-order valence-corrected chi connectivity index (χ0v) is 14.5. The van der Waals surface area contributed by atoms with Crippen LogP contribution in [0, 0.1) is 12.7 Å². The summed E-state index contributed by atoms with van der Waals surface area (Å²) in [7, 11) is 1.72. The highest BCUT2D eigenvalue weighted by Gasteiger charge is 2.41. The molecule has 0 aliphatic heterocycles. The number of nitrogens with one attached hydrogen (secondary N) is 2. The van der Waals surface area contributed by atoms with Gasteiger partial charge in [0.05, 0.1) is 6.54 Å². The molecule has 2 atom stereocenters. The molecule has 2 aromatic rings. The largest absolute Gasteiger partial charge is 0.353 e. The lowest BCUT2D eigenvalue weighted by atomic mass is 10.1. The van der Waals surface area contributed by atoms with Gasteiger partial charge < -0.3 is 10.6 Å². The lowest BCUT2D eigenvalue weighted by Gasteiger charge is -2.11. The van der Waals surface area contributed by atoms with Crippen molar-refractivity contribution in [2.75, 3.05) is 7.05 Å². The van der Waals surface area contributed by atoms with Crippen molar-refractivity contribution in [2.24, 2.45) is 4.99 Å². The molecule has 0 amide bonds. The van der Waals surface area contributed by atoms with Gasteiger partial charge in [0, 0.05) is 40.7 Å². The molecule has 1 saturated carbocycles. The van der Waals surface area contributed by atoms with E-state index in [1.54, 1.807) is 30.5 Å². The first-order valence-electron chi connectivity index (χ1n) is 7.41. The van der Waals surface area contributed by atoms with Crippen LogP contribution >= 0.6 is 22.9 Å². The predicted octanol–water partition coefficient (Wildman–Crippen LogP) is 3.47. The van der Waals surface area contributed by atoms with Crippen molar-refractivity contribution in [3.8, 4) is 0 Å². The smallest absolute Gasteiger partial charge is 0.191 e. The summed E-state index contributed by atoms with van der Waals surface area (Å²) in [5, 5.41) is 8.04. The third-order valence-corrected chi connectivity index (χ3v) is 5.03. The number of thiazole rings is 1. The van der Waals surface area contributed by atoms with Crippen molar-refractivity contribution in [3.05, 3.63) is 50.7 Å². The lowest BCUT2D eigenvalue weighted by molar-refractivity contribution is 0.608. The third-order valence-electron chi connectivity index (χ3n) is 3.78. The number of hydrogen-bond acceptors (Lipinski definition) is 3. The van der Waals surface area contributed by atoms with E-state index in [1.165, 1.54) is 10.9 Å². The Balaban J connectivity index is 1.57. The topological polar surface area (TPSA) is 49.3 Å². The third kappa shape index (κ3) is 3.82. The van der Waals surface area contributed by atoms with E-state index in [0.29, 0.717) is 23.1 Å². The molecule has 1 aliphatic rings. The van der Waals surface area contributed by atoms with Gasteiger partial charge >= 0.3 is 0 Å². The van der Waals surface area contributed by atoms with Crippen LogP contribution in [0.3, 0.4) is 0 Å². The number of aromatic nitrogens is 1. The molecule has 23 heavy (non-hydrogen) atoms. The Morgan fingerprint density at radius 2 is 2.35 bits per heavy atom. The van der Waals surface area contributed by atoms with Crippen LogP contribution in [0.2, 0.25) is 5.02 Å². The van der Waals surface area contributed by atoms with Gasteiger partial charge in [-0.3, -0.25) is 4.99 Å². The zero-order chi connectivity index (χ0) is 16.4. The van der Waals surface area contributed by atoms with E-state index in [9.17, 15) is 4.39 Å². The number of halogens is 2. The maximum absolute atomic E-state index is 13.9. The van der Waals surface area contributed by atoms with Crippen molar-refractivity contribution in [1.82, 2.24) is 15.6 Å². The van der Waals surface area contributed by atoms with E-state index < -0.39 is 0 Å². The van der Waals surface area contributed by atoms with Crippen LogP contribution in [0.25, 0.3) is 0 Å². The maximum Gasteiger partial charge on any atom is 0.191 e. The molecule has 1 aromatic heterocycles. The second-order valence-corrected chi connectivity index (χ2v) is 7.25. The molecule has 0 bridgehead atoms. The van der Waals surface area contributed by atoms with Gasteiger partial charge in [-0.2, -0.15) is 0 Å². The molecule has 0 spiro atoms. The molecule has 122 valence electrons. The number of aryl methyl sites for hydroxylation is 1. The molecule has 1 fully saturated rings. The summed E-state index contributed by atoms with van der Waals surface area (Å²) in [6, 6.07) is 4.96. The molecular weight excluding hydrogens is 335 g/mol. The first-order chi connectivity index (χ1) is 11.1. The molecule has 3 rings (SSSR count). The van der Waals surface area contributed by atoms with Gasteiger partial charge in [-0.1, -0.05) is 17.7 Å². The van der Waals surface area contributed by atoms with Crippen molar-refractivity contribution in [1.29, 1.82) is 0 Å². The van der Waals surface area contributed by atoms with Gasteiger partial charge in [0.1, 0.15) is 10.8 Å². The van der Waals surface area contributed by atoms with Gasteiger partial charge in [0.25, 0.3) is 0 Å². The van der Waals surface area contributed by atoms with Crippen LogP contribution in [-0.2, 0) is 6.54 Å². The second-order valence-electron chi connectivity index (χ2n) is 5.52. The molecule has 7 heteroatoms. The predicted molar refractivity (Wildman–Crippen MR) is 92.7 cm³/mol. The van der Waals surface area contributed by atoms with E-state index in [4.69, 9.17) is 11.6 Å². The number of rotatable bonds is 4. The number of benzene rings is 1. The first kappa shape index (κ1) is 16.2. The summed E-state index contributed by atoms with van der Waals surface area (Å²) >= 11 is 7.78. The number of aliphatic imine (C=N–C) groups is 1. The Labute approximate surface area is 143 Å². The Bertz CT molecular complexity index is 710. The molecule has 2 N–H and O–H groups in total. The minimum Gasteiger partial charge on any atom is -0.353 e. The molecular formula is C16H18ClFN4S. The summed E-state index contributed by atoms with van der Waals surface area (Å²) in [6.07, 6.45) is 2.70. The fourth-order valence-corrected chi connectivity index (χ4v) is 3.58. The minimum atomic E-state index is -0.243. The van der Waals surface area contributed by atoms with Crippen molar-refractivity contribution < 1.29 is 4.39 Å². The van der Waals surface area contributed by atoms with Gasteiger partial charge in [0.15, 0.2) is 5.96 Å². The number of guanidine groups is 1. The summed E-state index contributed by atoms with van der Waals surface area (Å²) in [6.45, 7) is 2.65. The summed E-state index contributed by atoms with van der Waals surface area (Å²) in [4.78, 5) is 9.70. The minimum absolute atomic E-state index is 0.0874. The van der Waals surface area contributed by atoms with E-state index in [1.807, 2.05) is 13.1 Å². The van der Waals surface area contributed by atoms with Gasteiger partial charge in [0.2, 0.25) is 0 Å². The van der Waals surface area contributed by atoms with Crippen LogP contribution in [0.4, 0.5) is 4.39 Å². The van der Waals surface area contributed by atoms with E-state index >= 15 is 0 Å². The molecule has 0 saturated heterocycles. The Morgan fingerprint density at radius 3 is 3.00 bits per heavy atom. The zero-order valence-electron chi connectivity index (χ0n) is 12.9. The highest BCUT2D eigenvalue weighted by Crippen LogP contribution is 2.44. The van der Waals surface area contributed by atoms with Gasteiger partial charge in [-0.15, -0.1) is 11.3 Å². The van der Waals surface area contributed by atoms with Crippen molar-refractivity contribution in [2.45, 2.75) is 31.8 Å². The summed E-state index contributed by atoms with van der Waals surface area (Å²) in [5.41, 5.74) is 0.595. The van der Waals surface area contributed by atoms with Crippen molar-refractivity contribution in [3.63, 3.8) is 0 Å². The number of hydrogen-bond donors (Lipinski definition) is 2. The van der Waals surface area contributed by atoms with Crippen LogP contribution < -0.4 is 10.6 Å². The SMILES string of the molecule is CN=C(NCc1ncc(C)s1)NC1CC1c1c(F)cccc1Cl. The highest BCUT2D eigenvalue weighted by molar-refractivity contribution is 7.11. The summed E-state index contributed by atoms with van der Waals surface area (Å²) < 4.78 is 13.9. The second kappa shape index (κ2) is 6.84. The Kier molecular flexibility index (Phi) is 4.82. The van der Waals surface area contributed by atoms with Crippen LogP contribution in [0.5, 0.6) is 0 Å². The Morgan fingerprint density at radius 1 is 1.52 bits per heavy atom. The molecule has 1 aliphatic carbocycles. The monoisotopic (exact) mass is 352 g/mol. The fourth-order valence-electron chi connectivity index (χ4n) is 2.55. The molecule has 1 aromatic carbocycles. The van der Waals surface area contributed by atoms with E-state index in [2.05, 4.69) is 20.6 Å². The molecule has 2 unspecified atom stereocenters. The van der Waals surface area contributed by atoms with Crippen LogP contribution in [0.1, 0.15) is 27.8 Å². The average Bonchev–Trinajstić information content (AvgIpc) is 3.14.